The van der Waals surface area contributed by atoms with Crippen molar-refractivity contribution in [3.8, 4) is 0 Å². The molecule has 8 heteroatoms. The topological polar surface area (TPSA) is 100 Å². The van der Waals surface area contributed by atoms with Crippen LogP contribution in [0.25, 0.3) is 0 Å². The Balaban J connectivity index is 2.03. The maximum atomic E-state index is 12.2. The smallest absolute Gasteiger partial charge is 0.324 e. The first-order chi connectivity index (χ1) is 9.08. The zero-order valence-electron chi connectivity index (χ0n) is 10.7. The summed E-state index contributed by atoms with van der Waals surface area (Å²) in [7, 11) is 1.67. The van der Waals surface area contributed by atoms with Gasteiger partial charge in [-0.2, -0.15) is 10.1 Å². The molecule has 2 N–H and O–H groups in total. The molecule has 1 unspecified atom stereocenters. The second kappa shape index (κ2) is 5.68. The average Bonchev–Trinajstić information content (AvgIpc) is 2.75. The van der Waals surface area contributed by atoms with Crippen molar-refractivity contribution in [1.29, 1.82) is 0 Å². The normalized spacial score (nSPS) is 19.2. The van der Waals surface area contributed by atoms with E-state index in [2.05, 4.69) is 15.4 Å². The number of urea groups is 1. The van der Waals surface area contributed by atoms with Gasteiger partial charge in [0.1, 0.15) is 6.33 Å². The van der Waals surface area contributed by atoms with Crippen molar-refractivity contribution in [3.05, 3.63) is 6.33 Å². The summed E-state index contributed by atoms with van der Waals surface area (Å²) in [4.78, 5) is 28.5. The summed E-state index contributed by atoms with van der Waals surface area (Å²) in [6.07, 6.45) is 3.89. The molecular weight excluding hydrogens is 250 g/mol. The van der Waals surface area contributed by atoms with Crippen LogP contribution in [-0.4, -0.2) is 49.4 Å². The van der Waals surface area contributed by atoms with E-state index in [4.69, 9.17) is 5.11 Å². The largest absolute Gasteiger partial charge is 0.481 e. The van der Waals surface area contributed by atoms with Crippen molar-refractivity contribution in [2.75, 3.05) is 11.9 Å². The number of piperidine rings is 1. The van der Waals surface area contributed by atoms with Gasteiger partial charge in [0.05, 0.1) is 6.42 Å². The quantitative estimate of drug-likeness (QED) is 0.838. The number of anilines is 1. The van der Waals surface area contributed by atoms with Crippen molar-refractivity contribution in [1.82, 2.24) is 19.7 Å². The van der Waals surface area contributed by atoms with Gasteiger partial charge in [0.2, 0.25) is 5.95 Å². The standard InChI is InChI=1S/C11H17N5O3/c1-15-10(12-7-13-15)14-11(19)16-5-3-2-4-8(16)6-9(17)18/h7-8H,2-6H2,1H3,(H,17,18)(H,12,13,14,19). The van der Waals surface area contributed by atoms with Crippen LogP contribution in [0, 0.1) is 0 Å². The molecule has 1 atom stereocenters. The summed E-state index contributed by atoms with van der Waals surface area (Å²) in [6, 6.07) is -0.568. The van der Waals surface area contributed by atoms with Crippen molar-refractivity contribution in [2.24, 2.45) is 7.05 Å². The number of carbonyl (C=O) groups is 2. The Bertz CT molecular complexity index is 473. The van der Waals surface area contributed by atoms with Gasteiger partial charge in [0, 0.05) is 19.6 Å². The highest BCUT2D eigenvalue weighted by Crippen LogP contribution is 2.20. The van der Waals surface area contributed by atoms with Gasteiger partial charge in [-0.3, -0.25) is 10.1 Å². The molecule has 0 spiro atoms. The van der Waals surface area contributed by atoms with Gasteiger partial charge < -0.3 is 10.0 Å². The first kappa shape index (κ1) is 13.3. The van der Waals surface area contributed by atoms with Gasteiger partial charge in [-0.1, -0.05) is 0 Å². The monoisotopic (exact) mass is 267 g/mol. The van der Waals surface area contributed by atoms with Crippen molar-refractivity contribution in [2.45, 2.75) is 31.7 Å². The fourth-order valence-electron chi connectivity index (χ4n) is 2.26. The maximum Gasteiger partial charge on any atom is 0.324 e. The molecule has 2 rings (SSSR count). The molecule has 1 aliphatic heterocycles. The first-order valence-corrected chi connectivity index (χ1v) is 6.21. The van der Waals surface area contributed by atoms with Crippen LogP contribution < -0.4 is 5.32 Å². The number of nitrogens with zero attached hydrogens (tertiary/aromatic N) is 4. The third-order valence-electron chi connectivity index (χ3n) is 3.23. The van der Waals surface area contributed by atoms with Gasteiger partial charge in [-0.05, 0) is 19.3 Å². The van der Waals surface area contributed by atoms with Crippen molar-refractivity contribution < 1.29 is 14.7 Å². The summed E-state index contributed by atoms with van der Waals surface area (Å²) in [5.74, 6) is -0.534. The lowest BCUT2D eigenvalue weighted by atomic mass is 10.00. The number of aryl methyl sites for hydroxylation is 1. The van der Waals surface area contributed by atoms with Gasteiger partial charge in [-0.25, -0.2) is 9.48 Å². The van der Waals surface area contributed by atoms with Crippen LogP contribution in [0.5, 0.6) is 0 Å². The summed E-state index contributed by atoms with van der Waals surface area (Å²) >= 11 is 0. The van der Waals surface area contributed by atoms with Crippen molar-refractivity contribution in [3.63, 3.8) is 0 Å². The number of hydrogen-bond acceptors (Lipinski definition) is 4. The molecule has 1 aliphatic rings. The fourth-order valence-corrected chi connectivity index (χ4v) is 2.26. The predicted molar refractivity (Wildman–Crippen MR) is 66.6 cm³/mol. The Morgan fingerprint density at radius 2 is 2.32 bits per heavy atom. The van der Waals surface area contributed by atoms with Crippen LogP contribution in [0.1, 0.15) is 25.7 Å². The van der Waals surface area contributed by atoms with E-state index in [1.807, 2.05) is 0 Å². The van der Waals surface area contributed by atoms with E-state index in [1.165, 1.54) is 11.0 Å². The molecule has 2 amide bonds. The minimum Gasteiger partial charge on any atom is -0.481 e. The summed E-state index contributed by atoms with van der Waals surface area (Å²) in [5, 5.41) is 15.4. The van der Waals surface area contributed by atoms with E-state index in [0.717, 1.165) is 19.3 Å². The second-order valence-corrected chi connectivity index (χ2v) is 4.58. The molecule has 0 aromatic carbocycles. The molecule has 0 bridgehead atoms. The van der Waals surface area contributed by atoms with E-state index in [-0.39, 0.29) is 18.5 Å². The van der Waals surface area contributed by atoms with Crippen LogP contribution >= 0.6 is 0 Å². The minimum absolute atomic E-state index is 0.0216. The predicted octanol–water partition coefficient (Wildman–Crippen LogP) is 0.676. The molecular formula is C11H17N5O3. The number of rotatable bonds is 3. The van der Waals surface area contributed by atoms with Gasteiger partial charge in [-0.15, -0.1) is 0 Å². The molecule has 104 valence electrons. The van der Waals surface area contributed by atoms with Crippen molar-refractivity contribution >= 4 is 17.9 Å². The lowest BCUT2D eigenvalue weighted by Gasteiger charge is -2.34. The first-order valence-electron chi connectivity index (χ1n) is 6.21. The molecule has 1 aromatic heterocycles. The number of hydrogen-bond donors (Lipinski definition) is 2. The number of likely N-dealkylation sites (tertiary alicyclic amines) is 1. The molecule has 0 radical (unpaired) electrons. The lowest BCUT2D eigenvalue weighted by Crippen LogP contribution is -2.47. The number of carboxylic acids is 1. The van der Waals surface area contributed by atoms with E-state index in [9.17, 15) is 9.59 Å². The summed E-state index contributed by atoms with van der Waals surface area (Å²) in [5.41, 5.74) is 0. The van der Waals surface area contributed by atoms with Gasteiger partial charge >= 0.3 is 12.0 Å². The number of carbonyl (C=O) groups excluding carboxylic acids is 1. The molecule has 1 aromatic rings. The Kier molecular flexibility index (Phi) is 3.98. The van der Waals surface area contributed by atoms with Crippen LogP contribution in [-0.2, 0) is 11.8 Å². The molecule has 19 heavy (non-hydrogen) atoms. The number of aliphatic carboxylic acids is 1. The number of carboxylic acid groups (broad SMARTS) is 1. The molecule has 0 saturated carbocycles. The highest BCUT2D eigenvalue weighted by molar-refractivity contribution is 5.88. The third kappa shape index (κ3) is 3.21. The average molecular weight is 267 g/mol. The van der Waals surface area contributed by atoms with E-state index in [1.54, 1.807) is 11.9 Å². The summed E-state index contributed by atoms with van der Waals surface area (Å²) < 4.78 is 1.45. The van der Waals surface area contributed by atoms with Crippen LogP contribution in [0.2, 0.25) is 0 Å². The van der Waals surface area contributed by atoms with E-state index in [0.29, 0.717) is 12.5 Å². The highest BCUT2D eigenvalue weighted by atomic mass is 16.4. The van der Waals surface area contributed by atoms with Crippen LogP contribution in [0.15, 0.2) is 6.33 Å². The zero-order valence-corrected chi connectivity index (χ0v) is 10.7. The summed E-state index contributed by atoms with van der Waals surface area (Å²) in [6.45, 7) is 0.571. The van der Waals surface area contributed by atoms with E-state index < -0.39 is 5.97 Å². The number of nitrogens with one attached hydrogen (secondary N) is 1. The van der Waals surface area contributed by atoms with Crippen LogP contribution in [0.4, 0.5) is 10.7 Å². The second-order valence-electron chi connectivity index (χ2n) is 4.58. The molecule has 0 aliphatic carbocycles. The zero-order chi connectivity index (χ0) is 13.8. The lowest BCUT2D eigenvalue weighted by molar-refractivity contribution is -0.138. The SMILES string of the molecule is Cn1ncnc1NC(=O)N1CCCCC1CC(=O)O. The Morgan fingerprint density at radius 1 is 1.53 bits per heavy atom. The number of amides is 2. The van der Waals surface area contributed by atoms with E-state index >= 15 is 0 Å². The molecule has 2 heterocycles. The Morgan fingerprint density at radius 3 is 2.95 bits per heavy atom. The molecule has 8 nitrogen and oxygen atoms in total. The Hall–Kier alpha value is -2.12. The van der Waals surface area contributed by atoms with Crippen LogP contribution in [0.3, 0.4) is 0 Å². The van der Waals surface area contributed by atoms with Gasteiger partial charge in [0.25, 0.3) is 0 Å². The number of aromatic nitrogens is 3. The fraction of sp³-hybridized carbons (Fsp3) is 0.636. The van der Waals surface area contributed by atoms with Gasteiger partial charge in [0.15, 0.2) is 0 Å². The third-order valence-corrected chi connectivity index (χ3v) is 3.23. The molecule has 1 saturated heterocycles. The highest BCUT2D eigenvalue weighted by Gasteiger charge is 2.28. The maximum absolute atomic E-state index is 12.2. The molecule has 1 fully saturated rings. The minimum atomic E-state index is -0.886. The Labute approximate surface area is 110 Å².